The fraction of sp³-hybridized carbons (Fsp3) is 0.118. The van der Waals surface area contributed by atoms with Crippen LogP contribution >= 0.6 is 0 Å². The summed E-state index contributed by atoms with van der Waals surface area (Å²) in [4.78, 5) is 22.0. The van der Waals surface area contributed by atoms with Crippen LogP contribution < -0.4 is 10.5 Å². The van der Waals surface area contributed by atoms with E-state index in [1.54, 1.807) is 24.5 Å². The second-order valence-corrected chi connectivity index (χ2v) is 5.39. The van der Waals surface area contributed by atoms with Crippen LogP contribution in [0.1, 0.15) is 5.56 Å². The number of primary amides is 1. The maximum Gasteiger partial charge on any atom is 0.422 e. The van der Waals surface area contributed by atoms with E-state index in [9.17, 15) is 18.0 Å². The number of nitrogens with two attached hydrogens (primary N) is 1. The maximum absolute atomic E-state index is 12.2. The number of nitrogens with zero attached hydrogens (tertiary/aromatic N) is 2. The third-order valence-corrected chi connectivity index (χ3v) is 3.44. The molecule has 3 aromatic rings. The Morgan fingerprint density at radius 2 is 2.00 bits per heavy atom. The summed E-state index contributed by atoms with van der Waals surface area (Å²) in [6, 6.07) is 4.77. The second kappa shape index (κ2) is 6.87. The summed E-state index contributed by atoms with van der Waals surface area (Å²) in [5, 5.41) is 0.761. The van der Waals surface area contributed by atoms with Gasteiger partial charge in [0.2, 0.25) is 11.8 Å². The van der Waals surface area contributed by atoms with E-state index in [4.69, 9.17) is 5.73 Å². The zero-order chi connectivity index (χ0) is 18.7. The molecule has 3 N–H and O–H groups in total. The lowest BCUT2D eigenvalue weighted by Gasteiger charge is -2.08. The number of ether oxygens (including phenoxy) is 1. The summed E-state index contributed by atoms with van der Waals surface area (Å²) in [5.74, 6) is -0.686. The van der Waals surface area contributed by atoms with Crippen LogP contribution in [-0.2, 0) is 4.79 Å². The number of hydrogen-bond donors (Lipinski definition) is 2. The Morgan fingerprint density at radius 3 is 2.65 bits per heavy atom. The predicted octanol–water partition coefficient (Wildman–Crippen LogP) is 3.06. The molecule has 0 aliphatic carbocycles. The number of carbonyl (C=O) groups is 1. The van der Waals surface area contributed by atoms with E-state index in [1.165, 1.54) is 18.3 Å². The van der Waals surface area contributed by atoms with Crippen LogP contribution in [0.25, 0.3) is 28.2 Å². The highest BCUT2D eigenvalue weighted by atomic mass is 19.4. The zero-order valence-electron chi connectivity index (χ0n) is 13.2. The average Bonchev–Trinajstić information content (AvgIpc) is 3.00. The van der Waals surface area contributed by atoms with Crippen LogP contribution in [0.4, 0.5) is 13.2 Å². The summed E-state index contributed by atoms with van der Waals surface area (Å²) in [6.45, 7) is -1.40. The van der Waals surface area contributed by atoms with Crippen molar-refractivity contribution >= 4 is 23.0 Å². The van der Waals surface area contributed by atoms with Crippen molar-refractivity contribution in [1.29, 1.82) is 0 Å². The Labute approximate surface area is 145 Å². The lowest BCUT2D eigenvalue weighted by Crippen LogP contribution is -2.19. The van der Waals surface area contributed by atoms with Gasteiger partial charge in [-0.2, -0.15) is 13.2 Å². The number of halogens is 3. The summed E-state index contributed by atoms with van der Waals surface area (Å²) < 4.78 is 41.0. The Bertz CT molecular complexity index is 962. The molecule has 0 bridgehead atoms. The van der Waals surface area contributed by atoms with E-state index in [-0.39, 0.29) is 5.88 Å². The van der Waals surface area contributed by atoms with Gasteiger partial charge in [-0.3, -0.25) is 4.79 Å². The number of pyridine rings is 2. The minimum atomic E-state index is -4.42. The average molecular weight is 362 g/mol. The number of H-pyrrole nitrogens is 1. The zero-order valence-corrected chi connectivity index (χ0v) is 13.2. The molecule has 3 rings (SSSR count). The first kappa shape index (κ1) is 17.5. The van der Waals surface area contributed by atoms with Crippen molar-refractivity contribution in [2.45, 2.75) is 6.18 Å². The Hall–Kier alpha value is -3.36. The van der Waals surface area contributed by atoms with Crippen LogP contribution in [0.5, 0.6) is 5.88 Å². The van der Waals surface area contributed by atoms with E-state index in [0.717, 1.165) is 10.9 Å². The van der Waals surface area contributed by atoms with E-state index < -0.39 is 18.7 Å². The third kappa shape index (κ3) is 4.18. The molecule has 134 valence electrons. The van der Waals surface area contributed by atoms with Crippen LogP contribution in [-0.4, -0.2) is 33.6 Å². The topological polar surface area (TPSA) is 93.9 Å². The molecule has 9 heteroatoms. The SMILES string of the molecule is NC(=O)/C=C/c1c[nH]c2ncc(-c3ccc(OCC(F)(F)F)nc3)cc12. The van der Waals surface area contributed by atoms with Crippen LogP contribution in [0, 0.1) is 0 Å². The molecule has 0 saturated carbocycles. The van der Waals surface area contributed by atoms with Gasteiger partial charge in [0.25, 0.3) is 0 Å². The number of alkyl halides is 3. The summed E-state index contributed by atoms with van der Waals surface area (Å²) in [6.07, 6.45) is 3.09. The number of aromatic amines is 1. The van der Waals surface area contributed by atoms with Gasteiger partial charge < -0.3 is 15.5 Å². The number of amides is 1. The van der Waals surface area contributed by atoms with E-state index in [2.05, 4.69) is 19.7 Å². The molecule has 0 unspecified atom stereocenters. The normalized spacial score (nSPS) is 12.0. The maximum atomic E-state index is 12.2. The van der Waals surface area contributed by atoms with Crippen LogP contribution in [0.2, 0.25) is 0 Å². The van der Waals surface area contributed by atoms with E-state index in [1.807, 2.05) is 6.07 Å². The number of aromatic nitrogens is 3. The summed E-state index contributed by atoms with van der Waals surface area (Å²) in [5.41, 5.74) is 7.81. The molecule has 3 aromatic heterocycles. The van der Waals surface area contributed by atoms with E-state index >= 15 is 0 Å². The van der Waals surface area contributed by atoms with Crippen molar-refractivity contribution in [2.75, 3.05) is 6.61 Å². The molecule has 0 aromatic carbocycles. The molecule has 0 spiro atoms. The fourth-order valence-electron chi connectivity index (χ4n) is 2.28. The van der Waals surface area contributed by atoms with Gasteiger partial charge in [0.05, 0.1) is 0 Å². The van der Waals surface area contributed by atoms with Crippen molar-refractivity contribution in [3.63, 3.8) is 0 Å². The minimum Gasteiger partial charge on any atom is -0.468 e. The van der Waals surface area contributed by atoms with Crippen molar-refractivity contribution < 1.29 is 22.7 Å². The van der Waals surface area contributed by atoms with Crippen molar-refractivity contribution in [3.8, 4) is 17.0 Å². The molecule has 0 aliphatic rings. The van der Waals surface area contributed by atoms with Crippen molar-refractivity contribution in [1.82, 2.24) is 15.0 Å². The van der Waals surface area contributed by atoms with E-state index in [0.29, 0.717) is 16.8 Å². The highest BCUT2D eigenvalue weighted by molar-refractivity contribution is 5.95. The molecule has 26 heavy (non-hydrogen) atoms. The standard InChI is InChI=1S/C17H13F3N4O2/c18-17(19,20)9-26-15-4-2-10(6-22-15)12-5-13-11(1-3-14(21)25)7-23-16(13)24-8-12/h1-8H,9H2,(H2,21,25)(H,23,24)/b3-1+. The van der Waals surface area contributed by atoms with Gasteiger partial charge in [-0.15, -0.1) is 0 Å². The molecule has 0 aliphatic heterocycles. The first-order valence-corrected chi connectivity index (χ1v) is 7.42. The Morgan fingerprint density at radius 1 is 1.23 bits per heavy atom. The Kier molecular flexibility index (Phi) is 4.61. The minimum absolute atomic E-state index is 0.119. The summed E-state index contributed by atoms with van der Waals surface area (Å²) in [7, 11) is 0. The number of nitrogens with one attached hydrogen (secondary N) is 1. The van der Waals surface area contributed by atoms with Gasteiger partial charge in [-0.05, 0) is 18.2 Å². The molecule has 0 saturated heterocycles. The first-order valence-electron chi connectivity index (χ1n) is 7.42. The molecule has 0 fully saturated rings. The number of carbonyl (C=O) groups excluding carboxylic acids is 1. The lowest BCUT2D eigenvalue weighted by molar-refractivity contribution is -0.154. The molecule has 0 atom stereocenters. The van der Waals surface area contributed by atoms with Gasteiger partial charge in [0.15, 0.2) is 6.61 Å². The molecule has 0 radical (unpaired) electrons. The van der Waals surface area contributed by atoms with Gasteiger partial charge in [-0.1, -0.05) is 0 Å². The van der Waals surface area contributed by atoms with Crippen LogP contribution in [0.3, 0.4) is 0 Å². The summed E-state index contributed by atoms with van der Waals surface area (Å²) >= 11 is 0. The lowest BCUT2D eigenvalue weighted by atomic mass is 10.1. The third-order valence-electron chi connectivity index (χ3n) is 3.44. The molecule has 6 nitrogen and oxygen atoms in total. The highest BCUT2D eigenvalue weighted by Crippen LogP contribution is 2.26. The van der Waals surface area contributed by atoms with Gasteiger partial charge in [0, 0.05) is 52.8 Å². The highest BCUT2D eigenvalue weighted by Gasteiger charge is 2.28. The van der Waals surface area contributed by atoms with Crippen molar-refractivity contribution in [2.24, 2.45) is 5.73 Å². The number of hydrogen-bond acceptors (Lipinski definition) is 4. The molecule has 1 amide bonds. The quantitative estimate of drug-likeness (QED) is 0.682. The molecular formula is C17H13F3N4O2. The van der Waals surface area contributed by atoms with Gasteiger partial charge in [-0.25, -0.2) is 9.97 Å². The molecule has 3 heterocycles. The largest absolute Gasteiger partial charge is 0.468 e. The van der Waals surface area contributed by atoms with Crippen LogP contribution in [0.15, 0.2) is 42.9 Å². The van der Waals surface area contributed by atoms with Gasteiger partial charge >= 0.3 is 6.18 Å². The smallest absolute Gasteiger partial charge is 0.422 e. The second-order valence-electron chi connectivity index (χ2n) is 5.39. The predicted molar refractivity (Wildman–Crippen MR) is 89.1 cm³/mol. The monoisotopic (exact) mass is 362 g/mol. The Balaban J connectivity index is 1.85. The number of rotatable bonds is 5. The van der Waals surface area contributed by atoms with Gasteiger partial charge in [0.1, 0.15) is 5.65 Å². The first-order chi connectivity index (χ1) is 12.3. The molecular weight excluding hydrogens is 349 g/mol. The number of fused-ring (bicyclic) bond motifs is 1. The fourth-order valence-corrected chi connectivity index (χ4v) is 2.28. The van der Waals surface area contributed by atoms with Crippen molar-refractivity contribution in [3.05, 3.63) is 48.4 Å².